The van der Waals surface area contributed by atoms with Gasteiger partial charge in [-0.3, -0.25) is 0 Å². The van der Waals surface area contributed by atoms with Gasteiger partial charge in [-0.25, -0.2) is 4.79 Å². The fraction of sp³-hybridized carbons (Fsp3) is 0.188. The number of phenols is 1. The summed E-state index contributed by atoms with van der Waals surface area (Å²) in [6, 6.07) is 12.2. The molecule has 110 valence electrons. The Kier molecular flexibility index (Phi) is 4.66. The Morgan fingerprint density at radius 3 is 2.71 bits per heavy atom. The molecule has 21 heavy (non-hydrogen) atoms. The number of hydrogen-bond donors (Lipinski definition) is 2. The summed E-state index contributed by atoms with van der Waals surface area (Å²) in [5, 5.41) is 12.8. The van der Waals surface area contributed by atoms with E-state index in [0.717, 1.165) is 11.3 Å². The second kappa shape index (κ2) is 6.65. The van der Waals surface area contributed by atoms with Crippen molar-refractivity contribution in [1.29, 1.82) is 0 Å². The third-order valence-electron chi connectivity index (χ3n) is 3.02. The van der Waals surface area contributed by atoms with Gasteiger partial charge in [0.25, 0.3) is 0 Å². The molecule has 0 aliphatic carbocycles. The van der Waals surface area contributed by atoms with Crippen molar-refractivity contribution in [2.75, 3.05) is 19.5 Å². The molecular formula is C16H17NO4. The van der Waals surface area contributed by atoms with Crippen molar-refractivity contribution in [2.24, 2.45) is 0 Å². The monoisotopic (exact) mass is 287 g/mol. The number of aromatic hydroxyl groups is 1. The predicted octanol–water partition coefficient (Wildman–Crippen LogP) is 2.80. The van der Waals surface area contributed by atoms with E-state index in [1.54, 1.807) is 36.4 Å². The molecule has 0 bridgehead atoms. The molecule has 0 fully saturated rings. The van der Waals surface area contributed by atoms with Gasteiger partial charge in [-0.05, 0) is 35.9 Å². The number of methoxy groups -OCH3 is 2. The molecule has 2 aromatic carbocycles. The van der Waals surface area contributed by atoms with E-state index in [9.17, 15) is 9.90 Å². The van der Waals surface area contributed by atoms with Crippen LogP contribution in [0.5, 0.6) is 11.5 Å². The molecule has 0 aliphatic rings. The molecule has 5 nitrogen and oxygen atoms in total. The van der Waals surface area contributed by atoms with Crippen LogP contribution >= 0.6 is 0 Å². The number of rotatable bonds is 5. The molecule has 0 radical (unpaired) electrons. The summed E-state index contributed by atoms with van der Waals surface area (Å²) >= 11 is 0. The summed E-state index contributed by atoms with van der Waals surface area (Å²) in [6.07, 6.45) is 0. The number of carbonyl (C=O) groups is 1. The van der Waals surface area contributed by atoms with Gasteiger partial charge in [-0.1, -0.05) is 12.1 Å². The lowest BCUT2D eigenvalue weighted by Gasteiger charge is -2.10. The quantitative estimate of drug-likeness (QED) is 0.828. The number of nitrogens with one attached hydrogen (secondary N) is 1. The average molecular weight is 287 g/mol. The van der Waals surface area contributed by atoms with Gasteiger partial charge in [0.15, 0.2) is 11.5 Å². The first kappa shape index (κ1) is 14.7. The highest BCUT2D eigenvalue weighted by Crippen LogP contribution is 2.26. The predicted molar refractivity (Wildman–Crippen MR) is 79.8 cm³/mol. The fourth-order valence-corrected chi connectivity index (χ4v) is 1.91. The Hall–Kier alpha value is -2.69. The molecule has 0 heterocycles. The largest absolute Gasteiger partial charge is 0.504 e. The molecule has 2 aromatic rings. The first-order valence-electron chi connectivity index (χ1n) is 6.42. The Balaban J connectivity index is 2.08. The van der Waals surface area contributed by atoms with E-state index in [2.05, 4.69) is 10.1 Å². The van der Waals surface area contributed by atoms with Crippen LogP contribution in [0.2, 0.25) is 0 Å². The summed E-state index contributed by atoms with van der Waals surface area (Å²) in [4.78, 5) is 11.5. The van der Waals surface area contributed by atoms with Gasteiger partial charge < -0.3 is 19.9 Å². The van der Waals surface area contributed by atoms with Gasteiger partial charge in [-0.2, -0.15) is 0 Å². The second-order valence-corrected chi connectivity index (χ2v) is 4.43. The average Bonchev–Trinajstić information content (AvgIpc) is 2.53. The Bertz CT molecular complexity index is 640. The molecule has 0 atom stereocenters. The standard InChI is InChI=1S/C16H17NO4/c1-20-15-8-11(6-7-14(15)18)10-17-13-5-3-4-12(9-13)16(19)21-2/h3-9,17-18H,10H2,1-2H3. The smallest absolute Gasteiger partial charge is 0.337 e. The minimum Gasteiger partial charge on any atom is -0.504 e. The summed E-state index contributed by atoms with van der Waals surface area (Å²) in [5.41, 5.74) is 2.25. The topological polar surface area (TPSA) is 67.8 Å². The van der Waals surface area contributed by atoms with Crippen LogP contribution in [0.4, 0.5) is 5.69 Å². The summed E-state index contributed by atoms with van der Waals surface area (Å²) in [6.45, 7) is 0.543. The maximum Gasteiger partial charge on any atom is 0.337 e. The number of hydrogen-bond acceptors (Lipinski definition) is 5. The third-order valence-corrected chi connectivity index (χ3v) is 3.02. The van der Waals surface area contributed by atoms with Crippen LogP contribution in [-0.2, 0) is 11.3 Å². The van der Waals surface area contributed by atoms with E-state index in [4.69, 9.17) is 4.74 Å². The molecule has 0 aliphatic heterocycles. The molecule has 0 spiro atoms. The molecule has 0 saturated carbocycles. The SMILES string of the molecule is COC(=O)c1cccc(NCc2ccc(O)c(OC)c2)c1. The molecule has 0 aromatic heterocycles. The van der Waals surface area contributed by atoms with Gasteiger partial charge in [0.1, 0.15) is 0 Å². The van der Waals surface area contributed by atoms with Gasteiger partial charge in [0.2, 0.25) is 0 Å². The van der Waals surface area contributed by atoms with Gasteiger partial charge in [-0.15, -0.1) is 0 Å². The third kappa shape index (κ3) is 3.66. The van der Waals surface area contributed by atoms with E-state index >= 15 is 0 Å². The normalized spacial score (nSPS) is 10.0. The molecule has 0 unspecified atom stereocenters. The minimum atomic E-state index is -0.370. The van der Waals surface area contributed by atoms with Crippen molar-refractivity contribution >= 4 is 11.7 Å². The Labute approximate surface area is 123 Å². The first-order chi connectivity index (χ1) is 10.1. The van der Waals surface area contributed by atoms with E-state index in [1.807, 2.05) is 6.07 Å². The van der Waals surface area contributed by atoms with Crippen molar-refractivity contribution in [3.63, 3.8) is 0 Å². The molecule has 0 saturated heterocycles. The number of carbonyl (C=O) groups excluding carboxylic acids is 1. The lowest BCUT2D eigenvalue weighted by Crippen LogP contribution is -2.04. The molecule has 0 amide bonds. The zero-order chi connectivity index (χ0) is 15.2. The van der Waals surface area contributed by atoms with Crippen LogP contribution in [-0.4, -0.2) is 25.3 Å². The lowest BCUT2D eigenvalue weighted by atomic mass is 10.1. The summed E-state index contributed by atoms with van der Waals surface area (Å²) in [5.74, 6) is 0.163. The van der Waals surface area contributed by atoms with Gasteiger partial charge in [0.05, 0.1) is 19.8 Å². The van der Waals surface area contributed by atoms with E-state index < -0.39 is 0 Å². The Morgan fingerprint density at radius 1 is 1.19 bits per heavy atom. The van der Waals surface area contributed by atoms with Gasteiger partial charge >= 0.3 is 5.97 Å². The number of phenolic OH excluding ortho intramolecular Hbond substituents is 1. The number of benzene rings is 2. The van der Waals surface area contributed by atoms with Crippen LogP contribution in [0, 0.1) is 0 Å². The highest BCUT2D eigenvalue weighted by Gasteiger charge is 2.06. The van der Waals surface area contributed by atoms with E-state index in [0.29, 0.717) is 17.9 Å². The Morgan fingerprint density at radius 2 is 2.00 bits per heavy atom. The molecule has 5 heteroatoms. The second-order valence-electron chi connectivity index (χ2n) is 4.43. The van der Waals surface area contributed by atoms with Crippen LogP contribution in [0.3, 0.4) is 0 Å². The highest BCUT2D eigenvalue weighted by molar-refractivity contribution is 5.90. The van der Waals surface area contributed by atoms with Crippen molar-refractivity contribution in [3.8, 4) is 11.5 Å². The van der Waals surface area contributed by atoms with E-state index in [1.165, 1.54) is 14.2 Å². The van der Waals surface area contributed by atoms with Gasteiger partial charge in [0, 0.05) is 12.2 Å². The summed E-state index contributed by atoms with van der Waals surface area (Å²) in [7, 11) is 2.86. The fourth-order valence-electron chi connectivity index (χ4n) is 1.91. The number of esters is 1. The van der Waals surface area contributed by atoms with E-state index in [-0.39, 0.29) is 11.7 Å². The molecular weight excluding hydrogens is 270 g/mol. The van der Waals surface area contributed by atoms with Crippen LogP contribution in [0.1, 0.15) is 15.9 Å². The highest BCUT2D eigenvalue weighted by atomic mass is 16.5. The zero-order valence-electron chi connectivity index (χ0n) is 11.9. The maximum absolute atomic E-state index is 11.5. The van der Waals surface area contributed by atoms with Crippen molar-refractivity contribution in [1.82, 2.24) is 0 Å². The summed E-state index contributed by atoms with van der Waals surface area (Å²) < 4.78 is 9.75. The van der Waals surface area contributed by atoms with Crippen molar-refractivity contribution in [3.05, 3.63) is 53.6 Å². The van der Waals surface area contributed by atoms with Crippen LogP contribution in [0.25, 0.3) is 0 Å². The maximum atomic E-state index is 11.5. The van der Waals surface area contributed by atoms with Crippen LogP contribution < -0.4 is 10.1 Å². The molecule has 2 rings (SSSR count). The zero-order valence-corrected chi connectivity index (χ0v) is 11.9. The number of anilines is 1. The molecule has 2 N–H and O–H groups in total. The first-order valence-corrected chi connectivity index (χ1v) is 6.42. The van der Waals surface area contributed by atoms with Crippen molar-refractivity contribution in [2.45, 2.75) is 6.54 Å². The number of ether oxygens (including phenoxy) is 2. The van der Waals surface area contributed by atoms with Crippen molar-refractivity contribution < 1.29 is 19.4 Å². The minimum absolute atomic E-state index is 0.105. The van der Waals surface area contributed by atoms with Crippen LogP contribution in [0.15, 0.2) is 42.5 Å². The lowest BCUT2D eigenvalue weighted by molar-refractivity contribution is 0.0601.